The van der Waals surface area contributed by atoms with Crippen molar-refractivity contribution in [1.29, 1.82) is 0 Å². The molecule has 0 saturated carbocycles. The van der Waals surface area contributed by atoms with Crippen LogP contribution >= 0.6 is 15.9 Å². The maximum Gasteiger partial charge on any atom is 0.249 e. The largest absolute Gasteiger partial charge is 0.372 e. The molecule has 0 aliphatic carbocycles. The van der Waals surface area contributed by atoms with E-state index in [0.717, 1.165) is 10.0 Å². The van der Waals surface area contributed by atoms with Gasteiger partial charge in [0.25, 0.3) is 0 Å². The number of hydrogen-bond acceptors (Lipinski definition) is 2. The second-order valence-electron chi connectivity index (χ2n) is 3.66. The molecule has 1 aromatic rings. The zero-order chi connectivity index (χ0) is 12.1. The van der Waals surface area contributed by atoms with Gasteiger partial charge in [0.1, 0.15) is 6.10 Å². The van der Waals surface area contributed by atoms with Crippen LogP contribution in [-0.2, 0) is 9.53 Å². The van der Waals surface area contributed by atoms with Gasteiger partial charge in [0.2, 0.25) is 5.91 Å². The number of halogens is 1. The average molecular weight is 286 g/mol. The summed E-state index contributed by atoms with van der Waals surface area (Å²) in [7, 11) is 1.52. The zero-order valence-electron chi connectivity index (χ0n) is 9.66. The lowest BCUT2D eigenvalue weighted by Crippen LogP contribution is -2.35. The molecule has 2 unspecified atom stereocenters. The summed E-state index contributed by atoms with van der Waals surface area (Å²) in [6.45, 7) is 3.67. The van der Waals surface area contributed by atoms with Crippen LogP contribution in [0.2, 0.25) is 0 Å². The Morgan fingerprint density at radius 3 is 2.38 bits per heavy atom. The highest BCUT2D eigenvalue weighted by Gasteiger charge is 2.14. The van der Waals surface area contributed by atoms with Crippen molar-refractivity contribution in [3.63, 3.8) is 0 Å². The molecule has 4 heteroatoms. The topological polar surface area (TPSA) is 38.3 Å². The molecule has 0 aliphatic rings. The molecule has 16 heavy (non-hydrogen) atoms. The van der Waals surface area contributed by atoms with Crippen LogP contribution in [-0.4, -0.2) is 19.1 Å². The Hall–Kier alpha value is -0.870. The predicted octanol–water partition coefficient (Wildman–Crippen LogP) is 2.66. The van der Waals surface area contributed by atoms with E-state index >= 15 is 0 Å². The van der Waals surface area contributed by atoms with E-state index in [1.165, 1.54) is 7.11 Å². The number of rotatable bonds is 4. The summed E-state index contributed by atoms with van der Waals surface area (Å²) in [5.41, 5.74) is 1.07. The van der Waals surface area contributed by atoms with Gasteiger partial charge in [-0.05, 0) is 31.5 Å². The average Bonchev–Trinajstić information content (AvgIpc) is 2.28. The first kappa shape index (κ1) is 13.2. The standard InChI is InChI=1S/C12H16BrNO2/c1-8(14-12(15)9(2)16-3)10-4-6-11(13)7-5-10/h4-9H,1-3H3,(H,14,15). The molecule has 0 fully saturated rings. The van der Waals surface area contributed by atoms with Crippen molar-refractivity contribution in [3.05, 3.63) is 34.3 Å². The lowest BCUT2D eigenvalue weighted by atomic mass is 10.1. The van der Waals surface area contributed by atoms with E-state index in [4.69, 9.17) is 4.74 Å². The zero-order valence-corrected chi connectivity index (χ0v) is 11.2. The summed E-state index contributed by atoms with van der Waals surface area (Å²) in [4.78, 5) is 11.6. The number of methoxy groups -OCH3 is 1. The summed E-state index contributed by atoms with van der Waals surface area (Å²) in [5.74, 6) is -0.0991. The third-order valence-corrected chi connectivity index (χ3v) is 2.98. The smallest absolute Gasteiger partial charge is 0.249 e. The van der Waals surface area contributed by atoms with Crippen molar-refractivity contribution in [2.24, 2.45) is 0 Å². The van der Waals surface area contributed by atoms with E-state index in [0.29, 0.717) is 0 Å². The molecule has 0 radical (unpaired) electrons. The maximum atomic E-state index is 11.6. The van der Waals surface area contributed by atoms with Crippen LogP contribution in [0.3, 0.4) is 0 Å². The maximum absolute atomic E-state index is 11.6. The molecule has 0 bridgehead atoms. The van der Waals surface area contributed by atoms with Gasteiger partial charge in [-0.3, -0.25) is 4.79 Å². The molecule has 0 heterocycles. The van der Waals surface area contributed by atoms with Gasteiger partial charge in [0.15, 0.2) is 0 Å². The number of ether oxygens (including phenoxy) is 1. The van der Waals surface area contributed by atoms with Crippen LogP contribution in [0.4, 0.5) is 0 Å². The fourth-order valence-electron chi connectivity index (χ4n) is 1.27. The summed E-state index contributed by atoms with van der Waals surface area (Å²) in [5, 5.41) is 2.89. The van der Waals surface area contributed by atoms with Crippen molar-refractivity contribution in [2.75, 3.05) is 7.11 Å². The van der Waals surface area contributed by atoms with Gasteiger partial charge in [0.05, 0.1) is 6.04 Å². The molecule has 88 valence electrons. The first-order valence-corrected chi connectivity index (χ1v) is 5.92. The first-order valence-electron chi connectivity index (χ1n) is 5.13. The van der Waals surface area contributed by atoms with E-state index in [-0.39, 0.29) is 11.9 Å². The van der Waals surface area contributed by atoms with Crippen LogP contribution in [0.5, 0.6) is 0 Å². The Morgan fingerprint density at radius 1 is 1.31 bits per heavy atom. The van der Waals surface area contributed by atoms with Crippen LogP contribution in [0.1, 0.15) is 25.5 Å². The van der Waals surface area contributed by atoms with Gasteiger partial charge in [-0.1, -0.05) is 28.1 Å². The summed E-state index contributed by atoms with van der Waals surface area (Å²) < 4.78 is 5.98. The Kier molecular flexibility index (Phi) is 4.96. The fraction of sp³-hybridized carbons (Fsp3) is 0.417. The molecule has 3 nitrogen and oxygen atoms in total. The monoisotopic (exact) mass is 285 g/mol. The second kappa shape index (κ2) is 6.01. The summed E-state index contributed by atoms with van der Waals surface area (Å²) in [6.07, 6.45) is -0.419. The van der Waals surface area contributed by atoms with Crippen molar-refractivity contribution in [1.82, 2.24) is 5.32 Å². The van der Waals surface area contributed by atoms with E-state index in [1.807, 2.05) is 31.2 Å². The minimum absolute atomic E-state index is 0.0156. The lowest BCUT2D eigenvalue weighted by molar-refractivity contribution is -0.130. The van der Waals surface area contributed by atoms with E-state index < -0.39 is 6.10 Å². The molecular formula is C12H16BrNO2. The van der Waals surface area contributed by atoms with E-state index in [9.17, 15) is 4.79 Å². The molecular weight excluding hydrogens is 270 g/mol. The SMILES string of the molecule is COC(C)C(=O)NC(C)c1ccc(Br)cc1. The van der Waals surface area contributed by atoms with Gasteiger partial charge in [-0.2, -0.15) is 0 Å². The lowest BCUT2D eigenvalue weighted by Gasteiger charge is -2.17. The number of carbonyl (C=O) groups excluding carboxylic acids is 1. The highest BCUT2D eigenvalue weighted by Crippen LogP contribution is 2.16. The molecule has 1 aromatic carbocycles. The number of nitrogens with one attached hydrogen (secondary N) is 1. The van der Waals surface area contributed by atoms with Gasteiger partial charge in [-0.25, -0.2) is 0 Å². The molecule has 0 saturated heterocycles. The Bertz CT molecular complexity index is 351. The van der Waals surface area contributed by atoms with Crippen molar-refractivity contribution < 1.29 is 9.53 Å². The molecule has 1 amide bonds. The molecule has 0 aliphatic heterocycles. The summed E-state index contributed by atoms with van der Waals surface area (Å²) >= 11 is 3.37. The van der Waals surface area contributed by atoms with Crippen molar-refractivity contribution in [2.45, 2.75) is 26.0 Å². The summed E-state index contributed by atoms with van der Waals surface area (Å²) in [6, 6.07) is 7.85. The fourth-order valence-corrected chi connectivity index (χ4v) is 1.54. The Morgan fingerprint density at radius 2 is 1.88 bits per heavy atom. The van der Waals surface area contributed by atoms with Gasteiger partial charge in [-0.15, -0.1) is 0 Å². The number of carbonyl (C=O) groups is 1. The Labute approximate surface area is 104 Å². The van der Waals surface area contributed by atoms with E-state index in [2.05, 4.69) is 21.2 Å². The molecule has 0 spiro atoms. The van der Waals surface area contributed by atoms with Crippen LogP contribution < -0.4 is 5.32 Å². The second-order valence-corrected chi connectivity index (χ2v) is 4.58. The third-order valence-electron chi connectivity index (χ3n) is 2.45. The molecule has 1 rings (SSSR count). The number of amides is 1. The molecule has 0 aromatic heterocycles. The van der Waals surface area contributed by atoms with E-state index in [1.54, 1.807) is 6.92 Å². The van der Waals surface area contributed by atoms with Gasteiger partial charge in [0, 0.05) is 11.6 Å². The highest BCUT2D eigenvalue weighted by molar-refractivity contribution is 9.10. The predicted molar refractivity (Wildman–Crippen MR) is 67.2 cm³/mol. The Balaban J connectivity index is 2.62. The first-order chi connectivity index (χ1) is 7.54. The number of hydrogen-bond donors (Lipinski definition) is 1. The minimum Gasteiger partial charge on any atom is -0.372 e. The van der Waals surface area contributed by atoms with Crippen LogP contribution in [0.25, 0.3) is 0 Å². The molecule has 1 N–H and O–H groups in total. The minimum atomic E-state index is -0.419. The van der Waals surface area contributed by atoms with Crippen LogP contribution in [0, 0.1) is 0 Å². The van der Waals surface area contributed by atoms with Gasteiger partial charge < -0.3 is 10.1 Å². The number of benzene rings is 1. The van der Waals surface area contributed by atoms with Crippen molar-refractivity contribution in [3.8, 4) is 0 Å². The van der Waals surface area contributed by atoms with Gasteiger partial charge >= 0.3 is 0 Å². The third kappa shape index (κ3) is 3.61. The van der Waals surface area contributed by atoms with Crippen molar-refractivity contribution >= 4 is 21.8 Å². The quantitative estimate of drug-likeness (QED) is 0.924. The van der Waals surface area contributed by atoms with Crippen LogP contribution in [0.15, 0.2) is 28.7 Å². The highest BCUT2D eigenvalue weighted by atomic mass is 79.9. The normalized spacial score (nSPS) is 14.2. The molecule has 2 atom stereocenters.